The van der Waals surface area contributed by atoms with Gasteiger partial charge in [-0.3, -0.25) is 9.59 Å². The van der Waals surface area contributed by atoms with Crippen LogP contribution in [0.4, 0.5) is 14.5 Å². The number of hydrogen-bond acceptors (Lipinski definition) is 4. The molecule has 3 aromatic carbocycles. The zero-order valence-electron chi connectivity index (χ0n) is 22.5. The topological polar surface area (TPSA) is 71.8 Å². The van der Waals surface area contributed by atoms with Gasteiger partial charge in [-0.2, -0.15) is 0 Å². The summed E-state index contributed by atoms with van der Waals surface area (Å²) in [6.07, 6.45) is 0.675. The maximum Gasteiger partial charge on any atom is 0.291 e. The van der Waals surface area contributed by atoms with Gasteiger partial charge in [-0.25, -0.2) is 8.78 Å². The highest BCUT2D eigenvalue weighted by Crippen LogP contribution is 2.39. The lowest BCUT2D eigenvalue weighted by Gasteiger charge is -2.41. The molecule has 1 aliphatic heterocycles. The van der Waals surface area contributed by atoms with Gasteiger partial charge in [-0.15, -0.1) is 0 Å². The number of rotatable bonds is 6. The lowest BCUT2D eigenvalue weighted by atomic mass is 9.85. The fraction of sp³-hybridized carbons (Fsp3) is 0.250. The van der Waals surface area contributed by atoms with Gasteiger partial charge in [-0.05, 0) is 83.8 Å². The summed E-state index contributed by atoms with van der Waals surface area (Å²) in [6.45, 7) is 6.23. The number of carbonyl (C=O) groups is 2. The Kier molecular flexibility index (Phi) is 7.43. The average Bonchev–Trinajstić information content (AvgIpc) is 3.41. The van der Waals surface area contributed by atoms with Crippen LogP contribution >= 0.6 is 0 Å². The van der Waals surface area contributed by atoms with Gasteiger partial charge in [0.15, 0.2) is 5.76 Å². The van der Waals surface area contributed by atoms with Gasteiger partial charge in [0.1, 0.15) is 29.8 Å². The minimum absolute atomic E-state index is 0.0132. The van der Waals surface area contributed by atoms with Gasteiger partial charge < -0.3 is 19.4 Å². The van der Waals surface area contributed by atoms with Crippen molar-refractivity contribution in [2.45, 2.75) is 39.8 Å². The largest absolute Gasteiger partial charge is 0.486 e. The van der Waals surface area contributed by atoms with E-state index in [2.05, 4.69) is 5.32 Å². The first-order valence-electron chi connectivity index (χ1n) is 13.1. The number of nitrogens with one attached hydrogen (secondary N) is 1. The molecule has 0 saturated heterocycles. The first-order valence-corrected chi connectivity index (χ1v) is 13.1. The number of amides is 2. The van der Waals surface area contributed by atoms with Crippen LogP contribution in [0.15, 0.2) is 83.3 Å². The van der Waals surface area contributed by atoms with Crippen LogP contribution < -0.4 is 10.1 Å². The molecule has 2 heterocycles. The van der Waals surface area contributed by atoms with Gasteiger partial charge in [0.2, 0.25) is 5.91 Å². The molecule has 0 aliphatic carbocycles. The molecule has 0 unspecified atom stereocenters. The molecule has 0 radical (unpaired) electrons. The molecule has 4 aromatic rings. The predicted octanol–water partition coefficient (Wildman–Crippen LogP) is 6.91. The van der Waals surface area contributed by atoms with Crippen LogP contribution in [0.3, 0.4) is 0 Å². The summed E-state index contributed by atoms with van der Waals surface area (Å²) >= 11 is 0. The van der Waals surface area contributed by atoms with E-state index in [1.165, 1.54) is 36.4 Å². The molecule has 2 amide bonds. The SMILES string of the molecule is CC(C)(C)C(=O)N1CCc2ccc(OCc3ccc(C(=O)Nc4ccc(F)cc4)o3)cc2[C@H]1c1cccc(F)c1. The number of anilines is 1. The summed E-state index contributed by atoms with van der Waals surface area (Å²) in [5.74, 6) is -0.150. The minimum atomic E-state index is -0.600. The molecule has 8 heteroatoms. The average molecular weight is 545 g/mol. The van der Waals surface area contributed by atoms with Crippen LogP contribution in [0.25, 0.3) is 0 Å². The van der Waals surface area contributed by atoms with Crippen molar-refractivity contribution in [1.29, 1.82) is 0 Å². The first kappa shape index (κ1) is 27.1. The zero-order chi connectivity index (χ0) is 28.4. The number of halogens is 2. The second-order valence-corrected chi connectivity index (χ2v) is 10.8. The number of benzene rings is 3. The molecule has 206 valence electrons. The smallest absolute Gasteiger partial charge is 0.291 e. The van der Waals surface area contributed by atoms with E-state index in [0.717, 1.165) is 11.1 Å². The molecule has 40 heavy (non-hydrogen) atoms. The number of carbonyl (C=O) groups excluding carboxylic acids is 2. The summed E-state index contributed by atoms with van der Waals surface area (Å²) in [5, 5.41) is 2.66. The molecule has 1 aromatic heterocycles. The van der Waals surface area contributed by atoms with Crippen LogP contribution in [0.1, 0.15) is 59.8 Å². The lowest BCUT2D eigenvalue weighted by molar-refractivity contribution is -0.141. The van der Waals surface area contributed by atoms with Gasteiger partial charge in [0.25, 0.3) is 5.91 Å². The molecule has 5 rings (SSSR count). The molecular formula is C32H30F2N2O4. The summed E-state index contributed by atoms with van der Waals surface area (Å²) in [4.78, 5) is 27.7. The Morgan fingerprint density at radius 3 is 2.48 bits per heavy atom. The lowest BCUT2D eigenvalue weighted by Crippen LogP contribution is -2.45. The van der Waals surface area contributed by atoms with Crippen molar-refractivity contribution in [2.24, 2.45) is 5.41 Å². The van der Waals surface area contributed by atoms with Crippen molar-refractivity contribution in [3.8, 4) is 5.75 Å². The minimum Gasteiger partial charge on any atom is -0.486 e. The molecular weight excluding hydrogens is 514 g/mol. The van der Waals surface area contributed by atoms with Crippen LogP contribution in [0, 0.1) is 17.0 Å². The van der Waals surface area contributed by atoms with E-state index in [1.807, 2.05) is 49.9 Å². The van der Waals surface area contributed by atoms with E-state index >= 15 is 0 Å². The Balaban J connectivity index is 1.35. The molecule has 0 fully saturated rings. The normalized spacial score (nSPS) is 14.9. The summed E-state index contributed by atoms with van der Waals surface area (Å²) < 4.78 is 39.0. The monoisotopic (exact) mass is 544 g/mol. The zero-order valence-corrected chi connectivity index (χ0v) is 22.5. The number of hydrogen-bond donors (Lipinski definition) is 1. The predicted molar refractivity (Wildman–Crippen MR) is 147 cm³/mol. The van der Waals surface area contributed by atoms with Crippen molar-refractivity contribution in [3.05, 3.63) is 119 Å². The Labute approximate surface area is 231 Å². The van der Waals surface area contributed by atoms with Gasteiger partial charge in [0, 0.05) is 17.6 Å². The fourth-order valence-electron chi connectivity index (χ4n) is 4.83. The summed E-state index contributed by atoms with van der Waals surface area (Å²) in [6, 6.07) is 20.2. The number of ether oxygens (including phenoxy) is 1. The van der Waals surface area contributed by atoms with Crippen molar-refractivity contribution in [1.82, 2.24) is 4.90 Å². The summed E-state index contributed by atoms with van der Waals surface area (Å²) in [5.41, 5.74) is 2.49. The first-order chi connectivity index (χ1) is 19.1. The van der Waals surface area contributed by atoms with Crippen LogP contribution in [0.5, 0.6) is 5.75 Å². The van der Waals surface area contributed by atoms with Crippen LogP contribution in [0.2, 0.25) is 0 Å². The molecule has 6 nitrogen and oxygen atoms in total. The third-order valence-corrected chi connectivity index (χ3v) is 6.78. The van der Waals surface area contributed by atoms with E-state index in [4.69, 9.17) is 9.15 Å². The molecule has 1 N–H and O–H groups in total. The van der Waals surface area contributed by atoms with Crippen molar-refractivity contribution < 1.29 is 27.5 Å². The second-order valence-electron chi connectivity index (χ2n) is 10.8. The van der Waals surface area contributed by atoms with E-state index in [9.17, 15) is 18.4 Å². The summed E-state index contributed by atoms with van der Waals surface area (Å²) in [7, 11) is 0. The third kappa shape index (κ3) is 5.91. The Morgan fingerprint density at radius 1 is 0.975 bits per heavy atom. The van der Waals surface area contributed by atoms with E-state index in [-0.39, 0.29) is 24.1 Å². The molecule has 0 bridgehead atoms. The number of furan rings is 1. The highest BCUT2D eigenvalue weighted by Gasteiger charge is 2.37. The van der Waals surface area contributed by atoms with Crippen LogP contribution in [-0.4, -0.2) is 23.3 Å². The quantitative estimate of drug-likeness (QED) is 0.286. The second kappa shape index (κ2) is 11.0. The Bertz CT molecular complexity index is 1540. The van der Waals surface area contributed by atoms with Gasteiger partial charge in [-0.1, -0.05) is 39.0 Å². The Hall–Kier alpha value is -4.46. The van der Waals surface area contributed by atoms with Gasteiger partial charge in [0.05, 0.1) is 6.04 Å². The van der Waals surface area contributed by atoms with E-state index in [0.29, 0.717) is 35.7 Å². The van der Waals surface area contributed by atoms with Gasteiger partial charge >= 0.3 is 0 Å². The van der Waals surface area contributed by atoms with E-state index in [1.54, 1.807) is 18.2 Å². The number of fused-ring (bicyclic) bond motifs is 1. The maximum absolute atomic E-state index is 14.3. The fourth-order valence-corrected chi connectivity index (χ4v) is 4.83. The highest BCUT2D eigenvalue weighted by atomic mass is 19.1. The van der Waals surface area contributed by atoms with Crippen molar-refractivity contribution >= 4 is 17.5 Å². The highest BCUT2D eigenvalue weighted by molar-refractivity contribution is 6.02. The van der Waals surface area contributed by atoms with Crippen molar-refractivity contribution in [3.63, 3.8) is 0 Å². The molecule has 0 spiro atoms. The molecule has 1 aliphatic rings. The van der Waals surface area contributed by atoms with Crippen molar-refractivity contribution in [2.75, 3.05) is 11.9 Å². The third-order valence-electron chi connectivity index (χ3n) is 6.78. The molecule has 1 atom stereocenters. The maximum atomic E-state index is 14.3. The standard InChI is InChI=1S/C32H30F2N2O4/c1-32(2,3)31(38)36-16-15-20-7-12-25(18-27(20)29(36)21-5-4-6-23(34)17-21)39-19-26-13-14-28(40-26)30(37)35-24-10-8-22(33)9-11-24/h4-14,17-18,29H,15-16,19H2,1-3H3,(H,35,37)/t29-/m1/s1. The molecule has 0 saturated carbocycles. The number of nitrogens with zero attached hydrogens (tertiary/aromatic N) is 1. The Morgan fingerprint density at radius 2 is 1.75 bits per heavy atom. The van der Waals surface area contributed by atoms with Crippen LogP contribution in [-0.2, 0) is 17.8 Å². The van der Waals surface area contributed by atoms with E-state index < -0.39 is 23.2 Å².